The maximum Gasteiger partial charge on any atom is 0.278 e. The van der Waals surface area contributed by atoms with Gasteiger partial charge in [0.05, 0.1) is 24.8 Å². The van der Waals surface area contributed by atoms with E-state index in [4.69, 9.17) is 36.5 Å². The molecule has 2 saturated heterocycles. The van der Waals surface area contributed by atoms with E-state index in [-0.39, 0.29) is 23.1 Å². The van der Waals surface area contributed by atoms with Crippen LogP contribution in [0, 0.1) is 5.82 Å². The minimum absolute atomic E-state index is 0.0893. The number of aromatic nitrogens is 4. The normalized spacial score (nSPS) is 22.4. The number of carbonyl (C=O) groups excluding carboxylic acids is 1. The number of imidazole rings is 1. The van der Waals surface area contributed by atoms with E-state index in [1.807, 2.05) is 12.1 Å². The van der Waals surface area contributed by atoms with Gasteiger partial charge in [-0.3, -0.25) is 9.69 Å². The summed E-state index contributed by atoms with van der Waals surface area (Å²) in [6.45, 7) is 5.57. The van der Waals surface area contributed by atoms with Crippen molar-refractivity contribution in [1.29, 1.82) is 0 Å². The minimum Gasteiger partial charge on any atom is -0.444 e. The fraction of sp³-hybridized carbons (Fsp3) is 0.400. The molecule has 0 radical (unpaired) electrons. The highest BCUT2D eigenvalue weighted by molar-refractivity contribution is 6.29. The summed E-state index contributed by atoms with van der Waals surface area (Å²) in [5.41, 5.74) is 8.10. The highest BCUT2D eigenvalue weighted by Gasteiger charge is 2.43. The summed E-state index contributed by atoms with van der Waals surface area (Å²) in [5.74, 6) is -0.298. The molecular formula is C30H30ClFN6O4. The Hall–Kier alpha value is -3.80. The summed E-state index contributed by atoms with van der Waals surface area (Å²) in [5, 5.41) is 8.67. The van der Waals surface area contributed by atoms with Crippen LogP contribution in [0.1, 0.15) is 59.4 Å². The second kappa shape index (κ2) is 10.5. The van der Waals surface area contributed by atoms with Gasteiger partial charge in [-0.05, 0) is 62.5 Å². The molecule has 0 saturated carbocycles. The van der Waals surface area contributed by atoms with Crippen LogP contribution in [0.25, 0.3) is 11.2 Å². The molecule has 2 atom stereocenters. The zero-order valence-corrected chi connectivity index (χ0v) is 23.8. The number of halogens is 2. The molecule has 3 aliphatic rings. The number of nitrogens with two attached hydrogens (primary N) is 1. The van der Waals surface area contributed by atoms with Crippen molar-refractivity contribution in [3.63, 3.8) is 0 Å². The summed E-state index contributed by atoms with van der Waals surface area (Å²) in [6.07, 6.45) is 3.00. The van der Waals surface area contributed by atoms with Crippen molar-refractivity contribution in [3.8, 4) is 11.5 Å². The standard InChI is InChI=1S/C30H30ClFN6O4/c1-30(21-6-5-18(28(33)39)13-22(21)32)41-24-4-2-3-20(27(24)42-30)17-7-10-37(11-8-17)16-26-34-23-14-25(31)35-36-29(23)38(26)15-19-9-12-40-19/h2-6,13-14,17,19H,7-12,15-16H2,1H3,(H2,33,39). The van der Waals surface area contributed by atoms with Crippen LogP contribution in [0.5, 0.6) is 11.5 Å². The second-order valence-corrected chi connectivity index (χ2v) is 11.6. The lowest BCUT2D eigenvalue weighted by Crippen LogP contribution is -2.35. The molecule has 1 amide bonds. The first kappa shape index (κ1) is 27.1. The fourth-order valence-corrected chi connectivity index (χ4v) is 6.25. The Morgan fingerprint density at radius 1 is 1.14 bits per heavy atom. The van der Waals surface area contributed by atoms with Crippen LogP contribution in [-0.4, -0.2) is 56.4 Å². The van der Waals surface area contributed by atoms with Crippen LogP contribution in [0.4, 0.5) is 4.39 Å². The number of ether oxygens (including phenoxy) is 3. The number of hydrogen-bond acceptors (Lipinski definition) is 8. The van der Waals surface area contributed by atoms with Crippen molar-refractivity contribution in [3.05, 3.63) is 75.9 Å². The summed E-state index contributed by atoms with van der Waals surface area (Å²) in [6, 6.07) is 11.7. The predicted molar refractivity (Wildman–Crippen MR) is 152 cm³/mol. The fourth-order valence-electron chi connectivity index (χ4n) is 6.11. The Bertz CT molecular complexity index is 1690. The molecule has 2 fully saturated rings. The average molecular weight is 593 g/mol. The zero-order valence-electron chi connectivity index (χ0n) is 23.1. The molecule has 0 bridgehead atoms. The van der Waals surface area contributed by atoms with Gasteiger partial charge in [0.15, 0.2) is 22.3 Å². The second-order valence-electron chi connectivity index (χ2n) is 11.2. The third-order valence-corrected chi connectivity index (χ3v) is 8.65. The van der Waals surface area contributed by atoms with Crippen LogP contribution >= 0.6 is 11.6 Å². The third-order valence-electron chi connectivity index (χ3n) is 8.47. The van der Waals surface area contributed by atoms with Crippen LogP contribution in [0.2, 0.25) is 5.15 Å². The van der Waals surface area contributed by atoms with Crippen LogP contribution in [0.15, 0.2) is 42.5 Å². The van der Waals surface area contributed by atoms with Crippen molar-refractivity contribution >= 4 is 28.7 Å². The largest absolute Gasteiger partial charge is 0.444 e. The van der Waals surface area contributed by atoms with Crippen molar-refractivity contribution in [2.45, 2.75) is 57.1 Å². The first-order valence-corrected chi connectivity index (χ1v) is 14.5. The van der Waals surface area contributed by atoms with Gasteiger partial charge in [0.25, 0.3) is 5.79 Å². The van der Waals surface area contributed by atoms with Gasteiger partial charge in [-0.25, -0.2) is 9.37 Å². The lowest BCUT2D eigenvalue weighted by molar-refractivity contribution is -0.0712. The quantitative estimate of drug-likeness (QED) is 0.333. The van der Waals surface area contributed by atoms with Crippen molar-refractivity contribution in [2.24, 2.45) is 5.73 Å². The maximum atomic E-state index is 15.0. The van der Waals surface area contributed by atoms with Crippen LogP contribution in [-0.2, 0) is 23.6 Å². The number of primary amides is 1. The molecule has 42 heavy (non-hydrogen) atoms. The number of amides is 1. The number of carbonyl (C=O) groups is 1. The number of rotatable bonds is 7. The molecule has 10 nitrogen and oxygen atoms in total. The molecule has 218 valence electrons. The molecule has 4 aromatic rings. The maximum absolute atomic E-state index is 15.0. The molecule has 2 aromatic carbocycles. The number of likely N-dealkylation sites (tertiary alicyclic amines) is 1. The van der Waals surface area contributed by atoms with Gasteiger partial charge in [0.2, 0.25) is 5.91 Å². The van der Waals surface area contributed by atoms with Crippen molar-refractivity contribution in [1.82, 2.24) is 24.6 Å². The Morgan fingerprint density at radius 2 is 1.95 bits per heavy atom. The molecule has 0 aliphatic carbocycles. The van der Waals surface area contributed by atoms with E-state index in [2.05, 4.69) is 25.7 Å². The van der Waals surface area contributed by atoms with Gasteiger partial charge in [-0.1, -0.05) is 23.7 Å². The number of hydrogen-bond donors (Lipinski definition) is 1. The summed E-state index contributed by atoms with van der Waals surface area (Å²) in [4.78, 5) is 18.7. The van der Waals surface area contributed by atoms with E-state index in [1.54, 1.807) is 13.0 Å². The summed E-state index contributed by atoms with van der Waals surface area (Å²) >= 11 is 6.10. The monoisotopic (exact) mass is 592 g/mol. The first-order valence-electron chi connectivity index (χ1n) is 14.1. The molecule has 5 heterocycles. The van der Waals surface area contributed by atoms with Crippen LogP contribution in [0.3, 0.4) is 0 Å². The average Bonchev–Trinajstić information content (AvgIpc) is 3.47. The number of para-hydroxylation sites is 1. The molecular weight excluding hydrogens is 563 g/mol. The van der Waals surface area contributed by atoms with Crippen LogP contribution < -0.4 is 15.2 Å². The molecule has 3 aliphatic heterocycles. The Balaban J connectivity index is 1.07. The van der Waals surface area contributed by atoms with Gasteiger partial charge in [-0.15, -0.1) is 10.2 Å². The lowest BCUT2D eigenvalue weighted by Gasteiger charge is -2.33. The van der Waals surface area contributed by atoms with Gasteiger partial charge < -0.3 is 24.5 Å². The minimum atomic E-state index is -1.37. The molecule has 7 rings (SSSR count). The number of benzene rings is 2. The van der Waals surface area contributed by atoms with E-state index in [0.717, 1.165) is 67.6 Å². The molecule has 12 heteroatoms. The molecule has 2 aromatic heterocycles. The zero-order chi connectivity index (χ0) is 29.0. The number of fused-ring (bicyclic) bond motifs is 2. The highest BCUT2D eigenvalue weighted by Crippen LogP contribution is 2.49. The molecule has 2 N–H and O–H groups in total. The first-order chi connectivity index (χ1) is 20.3. The van der Waals surface area contributed by atoms with Gasteiger partial charge in [0, 0.05) is 30.7 Å². The predicted octanol–water partition coefficient (Wildman–Crippen LogP) is 4.53. The van der Waals surface area contributed by atoms with Crippen molar-refractivity contribution < 1.29 is 23.4 Å². The number of nitrogens with zero attached hydrogens (tertiary/aromatic N) is 5. The summed E-state index contributed by atoms with van der Waals surface area (Å²) < 4.78 is 35.3. The Morgan fingerprint density at radius 3 is 2.67 bits per heavy atom. The topological polar surface area (TPSA) is 118 Å². The SMILES string of the molecule is CC1(c2ccc(C(N)=O)cc2F)Oc2cccc(C3CCN(Cc4nc5cc(Cl)nnc5n4CC4CCO4)CC3)c2O1. The highest BCUT2D eigenvalue weighted by atomic mass is 35.5. The lowest BCUT2D eigenvalue weighted by atomic mass is 9.88. The van der Waals surface area contributed by atoms with Gasteiger partial charge in [-0.2, -0.15) is 0 Å². The van der Waals surface area contributed by atoms with E-state index in [0.29, 0.717) is 29.7 Å². The van der Waals surface area contributed by atoms with E-state index < -0.39 is 17.5 Å². The van der Waals surface area contributed by atoms with Gasteiger partial charge >= 0.3 is 0 Å². The van der Waals surface area contributed by atoms with E-state index in [9.17, 15) is 4.79 Å². The summed E-state index contributed by atoms with van der Waals surface area (Å²) in [7, 11) is 0. The Kier molecular flexibility index (Phi) is 6.75. The van der Waals surface area contributed by atoms with E-state index in [1.165, 1.54) is 12.1 Å². The van der Waals surface area contributed by atoms with E-state index >= 15 is 4.39 Å². The third kappa shape index (κ3) is 4.85. The number of piperidine rings is 1. The Labute approximate surface area is 246 Å². The van der Waals surface area contributed by atoms with Crippen molar-refractivity contribution in [2.75, 3.05) is 19.7 Å². The molecule has 2 unspecified atom stereocenters. The smallest absolute Gasteiger partial charge is 0.278 e. The molecule has 0 spiro atoms. The van der Waals surface area contributed by atoms with Gasteiger partial charge in [0.1, 0.15) is 17.2 Å².